The van der Waals surface area contributed by atoms with Gasteiger partial charge in [-0.15, -0.1) is 11.8 Å². The molecule has 19 heavy (non-hydrogen) atoms. The third kappa shape index (κ3) is 3.09. The summed E-state index contributed by atoms with van der Waals surface area (Å²) < 4.78 is 11.8. The maximum atomic E-state index is 11.3. The molecule has 3 saturated heterocycles. The van der Waals surface area contributed by atoms with Crippen molar-refractivity contribution in [3.8, 4) is 0 Å². The fourth-order valence-corrected chi connectivity index (χ4v) is 4.74. The lowest BCUT2D eigenvalue weighted by atomic mass is 9.93. The minimum absolute atomic E-state index is 0.206. The highest BCUT2D eigenvalue weighted by atomic mass is 32.2. The number of thioether (sulfide) groups is 1. The molecule has 1 unspecified atom stereocenters. The van der Waals surface area contributed by atoms with Crippen LogP contribution in [0, 0.1) is 5.92 Å². The van der Waals surface area contributed by atoms with Crippen molar-refractivity contribution in [3.05, 3.63) is 0 Å². The molecule has 0 bridgehead atoms. The van der Waals surface area contributed by atoms with Crippen LogP contribution in [0.1, 0.15) is 26.2 Å². The second kappa shape index (κ2) is 5.62. The highest BCUT2D eigenvalue weighted by molar-refractivity contribution is 8.01. The first-order valence-electron chi connectivity index (χ1n) is 7.26. The molecule has 0 radical (unpaired) electrons. The Hall–Kier alpha value is -0.260. The lowest BCUT2D eigenvalue weighted by Crippen LogP contribution is -2.60. The van der Waals surface area contributed by atoms with Crippen molar-refractivity contribution >= 4 is 17.7 Å². The Morgan fingerprint density at radius 1 is 1.42 bits per heavy atom. The molecule has 1 atom stereocenters. The van der Waals surface area contributed by atoms with Crippen molar-refractivity contribution < 1.29 is 14.3 Å². The van der Waals surface area contributed by atoms with Crippen LogP contribution in [0.4, 0.5) is 0 Å². The van der Waals surface area contributed by atoms with Gasteiger partial charge in [-0.2, -0.15) is 0 Å². The Morgan fingerprint density at radius 2 is 2.16 bits per heavy atom. The van der Waals surface area contributed by atoms with Gasteiger partial charge in [0, 0.05) is 45.6 Å². The number of nitrogens with zero attached hydrogens (tertiary/aromatic N) is 1. The molecule has 3 aliphatic rings. The minimum Gasteiger partial charge on any atom is -0.381 e. The highest BCUT2D eigenvalue weighted by Gasteiger charge is 2.50. The first kappa shape index (κ1) is 13.7. The Balaban J connectivity index is 1.39. The maximum Gasteiger partial charge on any atom is 0.219 e. The fraction of sp³-hybridized carbons (Fsp3) is 0.929. The predicted molar refractivity (Wildman–Crippen MR) is 75.3 cm³/mol. The van der Waals surface area contributed by atoms with E-state index in [-0.39, 0.29) is 5.91 Å². The van der Waals surface area contributed by atoms with Crippen molar-refractivity contribution in [1.82, 2.24) is 4.90 Å². The van der Waals surface area contributed by atoms with Gasteiger partial charge >= 0.3 is 0 Å². The molecule has 5 heteroatoms. The van der Waals surface area contributed by atoms with Gasteiger partial charge in [-0.3, -0.25) is 4.79 Å². The van der Waals surface area contributed by atoms with Gasteiger partial charge in [-0.05, 0) is 25.2 Å². The van der Waals surface area contributed by atoms with Crippen LogP contribution in [0.5, 0.6) is 0 Å². The third-order valence-corrected chi connectivity index (χ3v) is 6.06. The standard InChI is InChI=1S/C14H23NO3S/c1-11(16)15-9-14(10-15)6-13(8-19-14)18-7-12-2-4-17-5-3-12/h12-13H,2-10H2,1H3. The van der Waals surface area contributed by atoms with E-state index >= 15 is 0 Å². The van der Waals surface area contributed by atoms with E-state index in [0.717, 1.165) is 57.9 Å². The van der Waals surface area contributed by atoms with E-state index in [1.54, 1.807) is 6.92 Å². The Kier molecular flexibility index (Phi) is 4.06. The van der Waals surface area contributed by atoms with Gasteiger partial charge in [0.1, 0.15) is 0 Å². The smallest absolute Gasteiger partial charge is 0.219 e. The minimum atomic E-state index is 0.206. The molecule has 0 aromatic carbocycles. The quantitative estimate of drug-likeness (QED) is 0.788. The van der Waals surface area contributed by atoms with Gasteiger partial charge in [0.2, 0.25) is 5.91 Å². The van der Waals surface area contributed by atoms with Crippen LogP contribution in [0.2, 0.25) is 0 Å². The van der Waals surface area contributed by atoms with Gasteiger partial charge in [-0.25, -0.2) is 0 Å². The normalized spacial score (nSPS) is 30.6. The molecule has 3 rings (SSSR count). The SMILES string of the molecule is CC(=O)N1CC2(CC(OCC3CCOCC3)CS2)C1. The number of likely N-dealkylation sites (tertiary alicyclic amines) is 1. The van der Waals surface area contributed by atoms with Gasteiger partial charge in [0.25, 0.3) is 0 Å². The lowest BCUT2D eigenvalue weighted by Gasteiger charge is -2.47. The van der Waals surface area contributed by atoms with E-state index in [1.165, 1.54) is 0 Å². The lowest BCUT2D eigenvalue weighted by molar-refractivity contribution is -0.134. The van der Waals surface area contributed by atoms with Crippen molar-refractivity contribution in [2.24, 2.45) is 5.92 Å². The molecule has 3 aliphatic heterocycles. The highest BCUT2D eigenvalue weighted by Crippen LogP contribution is 2.46. The van der Waals surface area contributed by atoms with Crippen LogP contribution < -0.4 is 0 Å². The van der Waals surface area contributed by atoms with E-state index < -0.39 is 0 Å². The average Bonchev–Trinajstić information content (AvgIpc) is 2.80. The summed E-state index contributed by atoms with van der Waals surface area (Å²) in [6.07, 6.45) is 3.79. The van der Waals surface area contributed by atoms with Crippen LogP contribution in [0.15, 0.2) is 0 Å². The molecule has 0 aromatic rings. The fourth-order valence-electron chi connectivity index (χ4n) is 3.19. The van der Waals surface area contributed by atoms with Crippen LogP contribution in [-0.2, 0) is 14.3 Å². The molecule has 0 saturated carbocycles. The predicted octanol–water partition coefficient (Wildman–Crippen LogP) is 1.54. The Labute approximate surface area is 119 Å². The van der Waals surface area contributed by atoms with Crippen molar-refractivity contribution in [1.29, 1.82) is 0 Å². The van der Waals surface area contributed by atoms with Crippen molar-refractivity contribution in [3.63, 3.8) is 0 Å². The second-order valence-electron chi connectivity index (χ2n) is 6.08. The van der Waals surface area contributed by atoms with E-state index in [2.05, 4.69) is 0 Å². The number of carbonyl (C=O) groups excluding carboxylic acids is 1. The largest absolute Gasteiger partial charge is 0.381 e. The number of amides is 1. The number of ether oxygens (including phenoxy) is 2. The van der Waals surface area contributed by atoms with Crippen LogP contribution in [0.3, 0.4) is 0 Å². The van der Waals surface area contributed by atoms with Crippen molar-refractivity contribution in [2.75, 3.05) is 38.7 Å². The molecule has 3 fully saturated rings. The van der Waals surface area contributed by atoms with Gasteiger partial charge < -0.3 is 14.4 Å². The number of hydrogen-bond donors (Lipinski definition) is 0. The van der Waals surface area contributed by atoms with Gasteiger partial charge in [0.15, 0.2) is 0 Å². The first-order valence-corrected chi connectivity index (χ1v) is 8.24. The monoisotopic (exact) mass is 285 g/mol. The molecule has 1 spiro atoms. The van der Waals surface area contributed by atoms with Gasteiger partial charge in [0.05, 0.1) is 10.9 Å². The molecule has 4 nitrogen and oxygen atoms in total. The Morgan fingerprint density at radius 3 is 2.84 bits per heavy atom. The molecule has 0 aromatic heterocycles. The summed E-state index contributed by atoms with van der Waals surface area (Å²) in [4.78, 5) is 13.2. The summed E-state index contributed by atoms with van der Waals surface area (Å²) in [6.45, 7) is 6.18. The van der Waals surface area contributed by atoms with E-state index in [1.807, 2.05) is 16.7 Å². The molecule has 108 valence electrons. The molecular weight excluding hydrogens is 262 g/mol. The summed E-state index contributed by atoms with van der Waals surface area (Å²) >= 11 is 2.00. The summed E-state index contributed by atoms with van der Waals surface area (Å²) in [5.74, 6) is 1.98. The third-order valence-electron chi connectivity index (χ3n) is 4.49. The first-order chi connectivity index (χ1) is 9.17. The van der Waals surface area contributed by atoms with Gasteiger partial charge in [-0.1, -0.05) is 0 Å². The summed E-state index contributed by atoms with van der Waals surface area (Å²) in [7, 11) is 0. The molecule has 0 aliphatic carbocycles. The summed E-state index contributed by atoms with van der Waals surface area (Å²) in [5.41, 5.74) is 0. The topological polar surface area (TPSA) is 38.8 Å². The maximum absolute atomic E-state index is 11.3. The van der Waals surface area contributed by atoms with E-state index in [9.17, 15) is 4.79 Å². The van der Waals surface area contributed by atoms with Crippen LogP contribution in [-0.4, -0.2) is 60.3 Å². The van der Waals surface area contributed by atoms with Crippen molar-refractivity contribution in [2.45, 2.75) is 37.0 Å². The van der Waals surface area contributed by atoms with Crippen LogP contribution in [0.25, 0.3) is 0 Å². The summed E-state index contributed by atoms with van der Waals surface area (Å²) in [5, 5.41) is 0. The zero-order valence-corrected chi connectivity index (χ0v) is 12.4. The van der Waals surface area contributed by atoms with E-state index in [4.69, 9.17) is 9.47 Å². The number of hydrogen-bond acceptors (Lipinski definition) is 4. The Bertz CT molecular complexity index is 338. The second-order valence-corrected chi connectivity index (χ2v) is 7.57. The zero-order valence-electron chi connectivity index (χ0n) is 11.6. The number of carbonyl (C=O) groups is 1. The molecule has 0 N–H and O–H groups in total. The van der Waals surface area contributed by atoms with Crippen LogP contribution >= 0.6 is 11.8 Å². The molecular formula is C14H23NO3S. The molecule has 3 heterocycles. The number of rotatable bonds is 3. The van der Waals surface area contributed by atoms with E-state index in [0.29, 0.717) is 16.8 Å². The molecule has 1 amide bonds. The average molecular weight is 285 g/mol. The zero-order chi connectivity index (χ0) is 13.3. The summed E-state index contributed by atoms with van der Waals surface area (Å²) in [6, 6.07) is 0.